The van der Waals surface area contributed by atoms with Crippen molar-refractivity contribution in [2.24, 2.45) is 5.41 Å². The highest BCUT2D eigenvalue weighted by Gasteiger charge is 2.38. The summed E-state index contributed by atoms with van der Waals surface area (Å²) < 4.78 is 1.95. The molecule has 0 radical (unpaired) electrons. The van der Waals surface area contributed by atoms with Gasteiger partial charge in [-0.05, 0) is 50.1 Å². The molecule has 4 rings (SSSR count). The van der Waals surface area contributed by atoms with Crippen molar-refractivity contribution >= 4 is 16.9 Å². The molecule has 0 aliphatic rings. The van der Waals surface area contributed by atoms with Gasteiger partial charge in [0.15, 0.2) is 11.4 Å². The molecule has 0 spiro atoms. The number of hydrogen-bond acceptors (Lipinski definition) is 4. The minimum Gasteiger partial charge on any atom is -0.373 e. The van der Waals surface area contributed by atoms with E-state index in [1.807, 2.05) is 72.2 Å². The average molecular weight is 453 g/mol. The number of nitriles is 1. The Labute approximate surface area is 199 Å². The largest absolute Gasteiger partial charge is 0.373 e. The lowest BCUT2D eigenvalue weighted by atomic mass is 9.85. The fourth-order valence-electron chi connectivity index (χ4n) is 4.09. The number of hydrogen-bond donors (Lipinski definition) is 2. The van der Waals surface area contributed by atoms with E-state index in [1.54, 1.807) is 32.0 Å². The number of rotatable bonds is 7. The van der Waals surface area contributed by atoms with Crippen LogP contribution in [0.5, 0.6) is 0 Å². The molecule has 0 fully saturated rings. The van der Waals surface area contributed by atoms with Gasteiger partial charge >= 0.3 is 0 Å². The van der Waals surface area contributed by atoms with Crippen LogP contribution in [0.1, 0.15) is 48.1 Å². The van der Waals surface area contributed by atoms with Crippen molar-refractivity contribution in [2.75, 3.05) is 6.54 Å². The maximum atomic E-state index is 12.8. The van der Waals surface area contributed by atoms with Crippen LogP contribution in [0.4, 0.5) is 0 Å². The Hall–Kier alpha value is -3.95. The molecule has 0 bridgehead atoms. The summed E-state index contributed by atoms with van der Waals surface area (Å²) in [5.74, 6) is 0.239. The molecule has 0 unspecified atom stereocenters. The quantitative estimate of drug-likeness (QED) is 0.428. The van der Waals surface area contributed by atoms with Gasteiger partial charge in [-0.25, -0.2) is 4.98 Å². The third-order valence-electron chi connectivity index (χ3n) is 6.03. The molecule has 4 aromatic rings. The summed E-state index contributed by atoms with van der Waals surface area (Å²) in [6.07, 6.45) is 0. The van der Waals surface area contributed by atoms with Gasteiger partial charge < -0.3 is 15.0 Å². The zero-order chi connectivity index (χ0) is 24.3. The van der Waals surface area contributed by atoms with E-state index in [9.17, 15) is 15.2 Å². The van der Waals surface area contributed by atoms with Crippen LogP contribution in [0.2, 0.25) is 0 Å². The van der Waals surface area contributed by atoms with Gasteiger partial charge in [0.25, 0.3) is 5.91 Å². The first-order valence-corrected chi connectivity index (χ1v) is 11.3. The lowest BCUT2D eigenvalue weighted by Crippen LogP contribution is -2.33. The minimum absolute atomic E-state index is 0.250. The van der Waals surface area contributed by atoms with Crippen molar-refractivity contribution in [3.05, 3.63) is 101 Å². The fraction of sp³-hybridized carbons (Fsp3) is 0.250. The second kappa shape index (κ2) is 9.12. The zero-order valence-corrected chi connectivity index (χ0v) is 19.6. The highest BCUT2D eigenvalue weighted by Crippen LogP contribution is 2.37. The first kappa shape index (κ1) is 23.2. The van der Waals surface area contributed by atoms with Gasteiger partial charge in [0.05, 0.1) is 22.5 Å². The molecular weight excluding hydrogens is 424 g/mol. The van der Waals surface area contributed by atoms with Gasteiger partial charge in [-0.3, -0.25) is 4.79 Å². The number of carbonyl (C=O) groups excluding carboxylic acids is 1. The summed E-state index contributed by atoms with van der Waals surface area (Å²) in [6, 6.07) is 26.5. The highest BCUT2D eigenvalue weighted by molar-refractivity contribution is 5.97. The van der Waals surface area contributed by atoms with Gasteiger partial charge in [-0.15, -0.1) is 0 Å². The molecule has 0 saturated heterocycles. The van der Waals surface area contributed by atoms with Crippen molar-refractivity contribution in [3.8, 4) is 6.07 Å². The van der Waals surface area contributed by atoms with Crippen molar-refractivity contribution < 1.29 is 9.90 Å². The highest BCUT2D eigenvalue weighted by atomic mass is 16.3. The van der Waals surface area contributed by atoms with E-state index in [0.717, 1.165) is 5.52 Å². The van der Waals surface area contributed by atoms with Crippen LogP contribution in [-0.4, -0.2) is 27.1 Å². The van der Waals surface area contributed by atoms with Crippen molar-refractivity contribution in [1.82, 2.24) is 14.9 Å². The van der Waals surface area contributed by atoms with Gasteiger partial charge in [0, 0.05) is 18.7 Å². The van der Waals surface area contributed by atoms with E-state index >= 15 is 0 Å². The van der Waals surface area contributed by atoms with E-state index in [-0.39, 0.29) is 12.5 Å². The van der Waals surface area contributed by atoms with Crippen LogP contribution in [-0.2, 0) is 12.1 Å². The minimum atomic E-state index is -1.48. The van der Waals surface area contributed by atoms with Gasteiger partial charge in [-0.1, -0.05) is 60.7 Å². The number of nitrogens with one attached hydrogen (secondary N) is 1. The number of aryl methyl sites for hydroxylation is 1. The number of aromatic nitrogens is 2. The number of amides is 1. The zero-order valence-electron chi connectivity index (χ0n) is 19.6. The van der Waals surface area contributed by atoms with E-state index in [4.69, 9.17) is 4.98 Å². The predicted octanol–water partition coefficient (Wildman–Crippen LogP) is 4.62. The molecule has 6 heteroatoms. The topological polar surface area (TPSA) is 90.9 Å². The summed E-state index contributed by atoms with van der Waals surface area (Å²) in [4.78, 5) is 17.6. The third kappa shape index (κ3) is 4.18. The van der Waals surface area contributed by atoms with E-state index in [0.29, 0.717) is 34.6 Å². The molecule has 2 N–H and O–H groups in total. The van der Waals surface area contributed by atoms with Crippen molar-refractivity contribution in [3.63, 3.8) is 0 Å². The molecule has 6 nitrogen and oxygen atoms in total. The molecule has 3 aromatic carbocycles. The Morgan fingerprint density at radius 1 is 1.03 bits per heavy atom. The van der Waals surface area contributed by atoms with E-state index in [2.05, 4.69) is 11.4 Å². The molecule has 1 amide bonds. The van der Waals surface area contributed by atoms with Gasteiger partial charge in [0.2, 0.25) is 0 Å². The van der Waals surface area contributed by atoms with Gasteiger partial charge in [-0.2, -0.15) is 5.26 Å². The SMILES string of the molecule is CCn1c(C(O)(c2ccccc2)c2ccccc2)nc2ccc(C(=O)NCC(C)(C)C#N)cc21. The number of carbonyl (C=O) groups is 1. The fourth-order valence-corrected chi connectivity index (χ4v) is 4.09. The van der Waals surface area contributed by atoms with Gasteiger partial charge in [0.1, 0.15) is 0 Å². The molecule has 1 aromatic heterocycles. The summed E-state index contributed by atoms with van der Waals surface area (Å²) in [5, 5.41) is 24.3. The van der Waals surface area contributed by atoms with Crippen LogP contribution < -0.4 is 5.32 Å². The second-order valence-corrected chi connectivity index (χ2v) is 9.00. The summed E-state index contributed by atoms with van der Waals surface area (Å²) >= 11 is 0. The Balaban J connectivity index is 1.84. The van der Waals surface area contributed by atoms with Crippen LogP contribution in [0.15, 0.2) is 78.9 Å². The summed E-state index contributed by atoms with van der Waals surface area (Å²) in [6.45, 7) is 6.36. The van der Waals surface area contributed by atoms with Crippen LogP contribution in [0.3, 0.4) is 0 Å². The molecule has 0 aliphatic carbocycles. The van der Waals surface area contributed by atoms with Crippen molar-refractivity contribution in [2.45, 2.75) is 32.9 Å². The number of benzene rings is 3. The summed E-state index contributed by atoms with van der Waals surface area (Å²) in [5.41, 5.74) is 1.22. The number of imidazole rings is 1. The normalized spacial score (nSPS) is 11.9. The molecule has 172 valence electrons. The third-order valence-corrected chi connectivity index (χ3v) is 6.03. The van der Waals surface area contributed by atoms with Crippen molar-refractivity contribution in [1.29, 1.82) is 5.26 Å². The average Bonchev–Trinajstić information content (AvgIpc) is 3.26. The summed E-state index contributed by atoms with van der Waals surface area (Å²) in [7, 11) is 0. The van der Waals surface area contributed by atoms with Crippen LogP contribution in [0, 0.1) is 16.7 Å². The van der Waals surface area contributed by atoms with E-state index in [1.165, 1.54) is 0 Å². The molecule has 1 heterocycles. The maximum Gasteiger partial charge on any atom is 0.251 e. The Morgan fingerprint density at radius 2 is 1.62 bits per heavy atom. The molecule has 0 saturated carbocycles. The maximum absolute atomic E-state index is 12.8. The molecule has 0 aliphatic heterocycles. The standard InChI is InChI=1S/C28H28N4O2/c1-4-32-24-17-20(25(33)30-19-27(2,3)18-29)15-16-23(24)31-26(32)28(34,21-11-7-5-8-12-21)22-13-9-6-10-14-22/h5-17,34H,4,19H2,1-3H3,(H,30,33). The smallest absolute Gasteiger partial charge is 0.251 e. The second-order valence-electron chi connectivity index (χ2n) is 9.00. The Morgan fingerprint density at radius 3 is 2.15 bits per heavy atom. The number of fused-ring (bicyclic) bond motifs is 1. The molecular formula is C28H28N4O2. The molecule has 34 heavy (non-hydrogen) atoms. The monoisotopic (exact) mass is 452 g/mol. The lowest BCUT2D eigenvalue weighted by molar-refractivity contribution is 0.0944. The number of nitrogens with zero attached hydrogens (tertiary/aromatic N) is 3. The lowest BCUT2D eigenvalue weighted by Gasteiger charge is -2.29. The Kier molecular flexibility index (Phi) is 6.23. The first-order chi connectivity index (χ1) is 16.3. The number of aliphatic hydroxyl groups is 1. The Bertz CT molecular complexity index is 1310. The van der Waals surface area contributed by atoms with Crippen LogP contribution in [0.25, 0.3) is 11.0 Å². The molecule has 0 atom stereocenters. The van der Waals surface area contributed by atoms with E-state index < -0.39 is 11.0 Å². The first-order valence-electron chi connectivity index (χ1n) is 11.3. The predicted molar refractivity (Wildman–Crippen MR) is 132 cm³/mol. The van der Waals surface area contributed by atoms with Crippen LogP contribution >= 0.6 is 0 Å².